The van der Waals surface area contributed by atoms with Crippen molar-refractivity contribution in [3.05, 3.63) is 28.0 Å². The van der Waals surface area contributed by atoms with Gasteiger partial charge in [0, 0.05) is 15.8 Å². The molecule has 0 radical (unpaired) electrons. The zero-order valence-corrected chi connectivity index (χ0v) is 10.4. The summed E-state index contributed by atoms with van der Waals surface area (Å²) >= 11 is 1.79. The van der Waals surface area contributed by atoms with Gasteiger partial charge in [-0.05, 0) is 18.6 Å². The molecule has 2 heterocycles. The van der Waals surface area contributed by atoms with Crippen LogP contribution in [-0.2, 0) is 13.0 Å². The molecule has 6 heteroatoms. The summed E-state index contributed by atoms with van der Waals surface area (Å²) in [5.41, 5.74) is 11.1. The molecular weight excluding hydrogens is 234 g/mol. The molecule has 0 fully saturated rings. The number of aryl methyl sites for hydroxylation is 1. The first-order valence-corrected chi connectivity index (χ1v) is 6.20. The smallest absolute Gasteiger partial charge is 0.223 e. The molecule has 0 saturated carbocycles. The van der Waals surface area contributed by atoms with Crippen molar-refractivity contribution < 1.29 is 0 Å². The molecular formula is C11H15N5S. The van der Waals surface area contributed by atoms with Crippen LogP contribution in [0.25, 0.3) is 0 Å². The number of nitrogens with zero attached hydrogens (tertiary/aromatic N) is 2. The quantitative estimate of drug-likeness (QED) is 0.769. The van der Waals surface area contributed by atoms with Crippen molar-refractivity contribution in [1.29, 1.82) is 0 Å². The summed E-state index contributed by atoms with van der Waals surface area (Å²) in [6, 6.07) is 5.93. The van der Waals surface area contributed by atoms with Crippen molar-refractivity contribution in [1.82, 2.24) is 9.97 Å². The molecule has 2 rings (SSSR count). The van der Waals surface area contributed by atoms with Crippen molar-refractivity contribution in [3.63, 3.8) is 0 Å². The summed E-state index contributed by atoms with van der Waals surface area (Å²) < 4.78 is 0. The Kier molecular flexibility index (Phi) is 3.43. The normalized spacial score (nSPS) is 10.4. The fraction of sp³-hybridized carbons (Fsp3) is 0.273. The lowest BCUT2D eigenvalue weighted by atomic mass is 10.3. The Balaban J connectivity index is 2.01. The summed E-state index contributed by atoms with van der Waals surface area (Å²) in [5, 5.41) is 3.18. The van der Waals surface area contributed by atoms with Gasteiger partial charge in [-0.25, -0.2) is 0 Å². The lowest BCUT2D eigenvalue weighted by molar-refractivity contribution is 1.11. The van der Waals surface area contributed by atoms with Gasteiger partial charge in [0.25, 0.3) is 0 Å². The van der Waals surface area contributed by atoms with Crippen LogP contribution in [-0.4, -0.2) is 9.97 Å². The fourth-order valence-electron chi connectivity index (χ4n) is 1.46. The molecule has 2 aromatic rings. The van der Waals surface area contributed by atoms with Crippen LogP contribution in [0.2, 0.25) is 0 Å². The number of nitrogen functional groups attached to an aromatic ring is 2. The lowest BCUT2D eigenvalue weighted by Crippen LogP contribution is -2.05. The Labute approximate surface area is 104 Å². The van der Waals surface area contributed by atoms with Gasteiger partial charge in [-0.15, -0.1) is 11.3 Å². The van der Waals surface area contributed by atoms with E-state index < -0.39 is 0 Å². The molecule has 17 heavy (non-hydrogen) atoms. The van der Waals surface area contributed by atoms with Gasteiger partial charge in [0.15, 0.2) is 0 Å². The van der Waals surface area contributed by atoms with E-state index in [-0.39, 0.29) is 5.95 Å². The molecule has 0 unspecified atom stereocenters. The summed E-state index contributed by atoms with van der Waals surface area (Å²) in [7, 11) is 0. The number of aromatic nitrogens is 2. The van der Waals surface area contributed by atoms with E-state index in [0.29, 0.717) is 11.6 Å². The molecule has 0 aliphatic rings. The zero-order valence-electron chi connectivity index (χ0n) is 9.60. The first kappa shape index (κ1) is 11.7. The van der Waals surface area contributed by atoms with E-state index in [0.717, 1.165) is 13.0 Å². The maximum absolute atomic E-state index is 5.59. The molecule has 0 bridgehead atoms. The van der Waals surface area contributed by atoms with Crippen LogP contribution in [0.4, 0.5) is 17.6 Å². The number of nitrogens with two attached hydrogens (primary N) is 2. The number of nitrogens with one attached hydrogen (secondary N) is 1. The van der Waals surface area contributed by atoms with E-state index in [1.807, 2.05) is 0 Å². The van der Waals surface area contributed by atoms with Gasteiger partial charge in [0.2, 0.25) is 5.95 Å². The second-order valence-corrected chi connectivity index (χ2v) is 4.86. The second kappa shape index (κ2) is 5.01. The standard InChI is InChI=1S/C11H15N5S/c1-2-7-3-4-8(17-7)6-14-10-5-9(12)15-11(13)16-10/h3-5H,2,6H2,1H3,(H5,12,13,14,15,16). The number of hydrogen-bond donors (Lipinski definition) is 3. The van der Waals surface area contributed by atoms with Gasteiger partial charge in [-0.3, -0.25) is 0 Å². The zero-order chi connectivity index (χ0) is 12.3. The van der Waals surface area contributed by atoms with E-state index in [2.05, 4.69) is 34.3 Å². The van der Waals surface area contributed by atoms with Crippen molar-refractivity contribution in [2.45, 2.75) is 19.9 Å². The van der Waals surface area contributed by atoms with Crippen molar-refractivity contribution >= 4 is 28.9 Å². The van der Waals surface area contributed by atoms with E-state index in [1.54, 1.807) is 17.4 Å². The number of rotatable bonds is 4. The van der Waals surface area contributed by atoms with Crippen LogP contribution in [0.5, 0.6) is 0 Å². The number of thiophene rings is 1. The first-order valence-electron chi connectivity index (χ1n) is 5.39. The second-order valence-electron chi connectivity index (χ2n) is 3.61. The largest absolute Gasteiger partial charge is 0.383 e. The maximum atomic E-state index is 5.59. The van der Waals surface area contributed by atoms with E-state index in [9.17, 15) is 0 Å². The molecule has 5 nitrogen and oxygen atoms in total. The highest BCUT2D eigenvalue weighted by Crippen LogP contribution is 2.18. The Hall–Kier alpha value is -1.82. The SMILES string of the molecule is CCc1ccc(CNc2cc(N)nc(N)n2)s1. The van der Waals surface area contributed by atoms with Gasteiger partial charge in [-0.1, -0.05) is 6.92 Å². The van der Waals surface area contributed by atoms with Gasteiger partial charge >= 0.3 is 0 Å². The van der Waals surface area contributed by atoms with Crippen molar-refractivity contribution in [3.8, 4) is 0 Å². The highest BCUT2D eigenvalue weighted by Gasteiger charge is 2.01. The van der Waals surface area contributed by atoms with Crippen LogP contribution in [0, 0.1) is 0 Å². The molecule has 0 aliphatic carbocycles. The van der Waals surface area contributed by atoms with Gasteiger partial charge in [0.1, 0.15) is 11.6 Å². The molecule has 0 aromatic carbocycles. The topological polar surface area (TPSA) is 89.8 Å². The maximum Gasteiger partial charge on any atom is 0.223 e. The molecule has 0 atom stereocenters. The predicted molar refractivity (Wildman–Crippen MR) is 71.9 cm³/mol. The third-order valence-corrected chi connectivity index (χ3v) is 3.50. The minimum atomic E-state index is 0.188. The molecule has 0 saturated heterocycles. The third kappa shape index (κ3) is 3.07. The van der Waals surface area contributed by atoms with Crippen LogP contribution in [0.3, 0.4) is 0 Å². The lowest BCUT2D eigenvalue weighted by Gasteiger charge is -2.05. The molecule has 0 aliphatic heterocycles. The highest BCUT2D eigenvalue weighted by molar-refractivity contribution is 7.12. The van der Waals surface area contributed by atoms with Crippen LogP contribution in [0.15, 0.2) is 18.2 Å². The molecule has 5 N–H and O–H groups in total. The Morgan fingerprint density at radius 1 is 1.24 bits per heavy atom. The molecule has 0 amide bonds. The number of hydrogen-bond acceptors (Lipinski definition) is 6. The van der Waals surface area contributed by atoms with E-state index in [1.165, 1.54) is 9.75 Å². The van der Waals surface area contributed by atoms with E-state index >= 15 is 0 Å². The van der Waals surface area contributed by atoms with Gasteiger partial charge < -0.3 is 16.8 Å². The van der Waals surface area contributed by atoms with Crippen LogP contribution >= 0.6 is 11.3 Å². The molecule has 0 spiro atoms. The molecule has 90 valence electrons. The summed E-state index contributed by atoms with van der Waals surface area (Å²) in [5.74, 6) is 1.22. The average Bonchev–Trinajstić information content (AvgIpc) is 2.73. The Bertz CT molecular complexity index is 488. The molecule has 2 aromatic heterocycles. The van der Waals surface area contributed by atoms with Crippen molar-refractivity contribution in [2.24, 2.45) is 0 Å². The fourth-order valence-corrected chi connectivity index (χ4v) is 2.36. The Morgan fingerprint density at radius 3 is 2.65 bits per heavy atom. The summed E-state index contributed by atoms with van der Waals surface area (Å²) in [6.45, 7) is 2.87. The summed E-state index contributed by atoms with van der Waals surface area (Å²) in [6.07, 6.45) is 1.07. The van der Waals surface area contributed by atoms with E-state index in [4.69, 9.17) is 11.5 Å². The number of anilines is 3. The van der Waals surface area contributed by atoms with Crippen molar-refractivity contribution in [2.75, 3.05) is 16.8 Å². The highest BCUT2D eigenvalue weighted by atomic mass is 32.1. The van der Waals surface area contributed by atoms with Gasteiger partial charge in [0.05, 0.1) is 6.54 Å². The van der Waals surface area contributed by atoms with Crippen LogP contribution in [0.1, 0.15) is 16.7 Å². The Morgan fingerprint density at radius 2 is 2.00 bits per heavy atom. The van der Waals surface area contributed by atoms with Crippen LogP contribution < -0.4 is 16.8 Å². The summed E-state index contributed by atoms with van der Waals surface area (Å²) in [4.78, 5) is 10.5. The average molecular weight is 249 g/mol. The first-order chi connectivity index (χ1) is 8.17. The minimum Gasteiger partial charge on any atom is -0.383 e. The minimum absolute atomic E-state index is 0.188. The third-order valence-electron chi connectivity index (χ3n) is 2.27. The predicted octanol–water partition coefficient (Wildman–Crippen LogP) is 1.88. The monoisotopic (exact) mass is 249 g/mol. The van der Waals surface area contributed by atoms with Gasteiger partial charge in [-0.2, -0.15) is 9.97 Å².